The lowest BCUT2D eigenvalue weighted by molar-refractivity contribution is 0.297. The Kier molecular flexibility index (Phi) is 4.16. The predicted octanol–water partition coefficient (Wildman–Crippen LogP) is 3.37. The van der Waals surface area contributed by atoms with Crippen molar-refractivity contribution in [2.24, 2.45) is 11.8 Å². The van der Waals surface area contributed by atoms with Crippen LogP contribution < -0.4 is 14.8 Å². The first-order chi connectivity index (χ1) is 9.74. The van der Waals surface area contributed by atoms with E-state index < -0.39 is 0 Å². The topological polar surface area (TPSA) is 30.5 Å². The molecule has 3 rings (SSSR count). The van der Waals surface area contributed by atoms with Gasteiger partial charge < -0.3 is 14.8 Å². The molecule has 3 heteroatoms. The number of hydrogen-bond donors (Lipinski definition) is 1. The zero-order chi connectivity index (χ0) is 13.9. The number of hydrogen-bond acceptors (Lipinski definition) is 3. The maximum absolute atomic E-state index is 5.75. The van der Waals surface area contributed by atoms with Gasteiger partial charge in [0.15, 0.2) is 11.5 Å². The van der Waals surface area contributed by atoms with E-state index in [0.717, 1.165) is 49.5 Å². The minimum absolute atomic E-state index is 0.654. The third-order valence-corrected chi connectivity index (χ3v) is 4.85. The van der Waals surface area contributed by atoms with Gasteiger partial charge in [0, 0.05) is 19.0 Å². The second kappa shape index (κ2) is 6.04. The quantitative estimate of drug-likeness (QED) is 0.917. The molecule has 0 aromatic heterocycles. The lowest BCUT2D eigenvalue weighted by Crippen LogP contribution is -2.31. The van der Waals surface area contributed by atoms with Gasteiger partial charge in [0.2, 0.25) is 0 Å². The van der Waals surface area contributed by atoms with Gasteiger partial charge in [-0.3, -0.25) is 0 Å². The summed E-state index contributed by atoms with van der Waals surface area (Å²) in [5, 5.41) is 3.70. The summed E-state index contributed by atoms with van der Waals surface area (Å²) >= 11 is 0. The molecule has 1 aromatic rings. The van der Waals surface area contributed by atoms with E-state index >= 15 is 0 Å². The van der Waals surface area contributed by atoms with Gasteiger partial charge in [-0.15, -0.1) is 0 Å². The summed E-state index contributed by atoms with van der Waals surface area (Å²) < 4.78 is 11.4. The molecule has 0 saturated heterocycles. The SMILES string of the molecule is CC1CCC(NCc2ccc3c(c2)OCCCO3)C1C. The number of ether oxygens (including phenoxy) is 2. The average molecular weight is 275 g/mol. The Morgan fingerprint density at radius 2 is 1.90 bits per heavy atom. The highest BCUT2D eigenvalue weighted by Crippen LogP contribution is 2.32. The van der Waals surface area contributed by atoms with Crippen molar-refractivity contribution < 1.29 is 9.47 Å². The average Bonchev–Trinajstić information content (AvgIpc) is 2.68. The highest BCUT2D eigenvalue weighted by Gasteiger charge is 2.29. The molecule has 1 fully saturated rings. The van der Waals surface area contributed by atoms with Crippen molar-refractivity contribution in [3.63, 3.8) is 0 Å². The highest BCUT2D eigenvalue weighted by molar-refractivity contribution is 5.43. The molecular formula is C17H25NO2. The van der Waals surface area contributed by atoms with Crippen LogP contribution in [0.2, 0.25) is 0 Å². The summed E-state index contributed by atoms with van der Waals surface area (Å²) in [7, 11) is 0. The van der Waals surface area contributed by atoms with E-state index in [0.29, 0.717) is 6.04 Å². The van der Waals surface area contributed by atoms with Gasteiger partial charge >= 0.3 is 0 Å². The normalized spacial score (nSPS) is 29.2. The van der Waals surface area contributed by atoms with Crippen LogP contribution in [-0.4, -0.2) is 19.3 Å². The smallest absolute Gasteiger partial charge is 0.161 e. The van der Waals surface area contributed by atoms with Crippen LogP contribution in [0.5, 0.6) is 11.5 Å². The van der Waals surface area contributed by atoms with E-state index in [1.165, 1.54) is 18.4 Å². The predicted molar refractivity (Wildman–Crippen MR) is 80.2 cm³/mol. The Bertz CT molecular complexity index is 460. The van der Waals surface area contributed by atoms with Gasteiger partial charge in [-0.2, -0.15) is 0 Å². The van der Waals surface area contributed by atoms with Gasteiger partial charge in [-0.25, -0.2) is 0 Å². The molecule has 3 nitrogen and oxygen atoms in total. The second-order valence-corrected chi connectivity index (χ2v) is 6.23. The fourth-order valence-corrected chi connectivity index (χ4v) is 3.22. The third-order valence-electron chi connectivity index (χ3n) is 4.85. The molecule has 0 amide bonds. The number of nitrogens with one attached hydrogen (secondary N) is 1. The summed E-state index contributed by atoms with van der Waals surface area (Å²) in [5.74, 6) is 3.40. The van der Waals surface area contributed by atoms with Crippen LogP contribution in [0.3, 0.4) is 0 Å². The maximum Gasteiger partial charge on any atom is 0.161 e. The fraction of sp³-hybridized carbons (Fsp3) is 0.647. The molecule has 3 unspecified atom stereocenters. The van der Waals surface area contributed by atoms with Gasteiger partial charge in [0.25, 0.3) is 0 Å². The molecule has 20 heavy (non-hydrogen) atoms. The number of fused-ring (bicyclic) bond motifs is 1. The Hall–Kier alpha value is -1.22. The molecule has 0 bridgehead atoms. The van der Waals surface area contributed by atoms with Crippen molar-refractivity contribution in [3.05, 3.63) is 23.8 Å². The Balaban J connectivity index is 1.62. The van der Waals surface area contributed by atoms with Crippen LogP contribution in [0, 0.1) is 11.8 Å². The molecular weight excluding hydrogens is 250 g/mol. The summed E-state index contributed by atoms with van der Waals surface area (Å²) in [6, 6.07) is 6.96. The molecule has 1 saturated carbocycles. The molecule has 1 N–H and O–H groups in total. The Morgan fingerprint density at radius 1 is 1.10 bits per heavy atom. The molecule has 1 heterocycles. The molecule has 3 atom stereocenters. The zero-order valence-corrected chi connectivity index (χ0v) is 12.5. The van der Waals surface area contributed by atoms with Crippen LogP contribution in [0.15, 0.2) is 18.2 Å². The van der Waals surface area contributed by atoms with Gasteiger partial charge in [0.1, 0.15) is 0 Å². The van der Waals surface area contributed by atoms with Crippen molar-refractivity contribution in [1.29, 1.82) is 0 Å². The van der Waals surface area contributed by atoms with Gasteiger partial charge in [-0.1, -0.05) is 19.9 Å². The van der Waals surface area contributed by atoms with Gasteiger partial charge in [0.05, 0.1) is 13.2 Å². The maximum atomic E-state index is 5.75. The largest absolute Gasteiger partial charge is 0.490 e. The standard InChI is InChI=1S/C17H25NO2/c1-12-4-6-15(13(12)2)18-11-14-5-7-16-17(10-14)20-9-3-8-19-16/h5,7,10,12-13,15,18H,3-4,6,8-9,11H2,1-2H3. The van der Waals surface area contributed by atoms with E-state index in [2.05, 4.69) is 31.3 Å². The summed E-state index contributed by atoms with van der Waals surface area (Å²) in [5.41, 5.74) is 1.28. The first-order valence-electron chi connectivity index (χ1n) is 7.86. The van der Waals surface area contributed by atoms with Gasteiger partial charge in [-0.05, 0) is 42.4 Å². The van der Waals surface area contributed by atoms with Crippen molar-refractivity contribution in [2.75, 3.05) is 13.2 Å². The third kappa shape index (κ3) is 2.93. The Morgan fingerprint density at radius 3 is 2.65 bits per heavy atom. The first kappa shape index (κ1) is 13.7. The summed E-state index contributed by atoms with van der Waals surface area (Å²) in [6.07, 6.45) is 3.60. The molecule has 1 aromatic carbocycles. The van der Waals surface area contributed by atoms with E-state index in [1.54, 1.807) is 0 Å². The van der Waals surface area contributed by atoms with Crippen LogP contribution in [-0.2, 0) is 6.54 Å². The molecule has 0 spiro atoms. The van der Waals surface area contributed by atoms with Crippen LogP contribution >= 0.6 is 0 Å². The molecule has 2 aliphatic rings. The van der Waals surface area contributed by atoms with E-state index in [9.17, 15) is 0 Å². The van der Waals surface area contributed by atoms with E-state index in [-0.39, 0.29) is 0 Å². The monoisotopic (exact) mass is 275 g/mol. The van der Waals surface area contributed by atoms with Crippen molar-refractivity contribution in [3.8, 4) is 11.5 Å². The minimum Gasteiger partial charge on any atom is -0.490 e. The minimum atomic E-state index is 0.654. The zero-order valence-electron chi connectivity index (χ0n) is 12.5. The lowest BCUT2D eigenvalue weighted by atomic mass is 9.97. The molecule has 1 aliphatic carbocycles. The number of benzene rings is 1. The Labute approximate surface area is 121 Å². The lowest BCUT2D eigenvalue weighted by Gasteiger charge is -2.20. The summed E-state index contributed by atoms with van der Waals surface area (Å²) in [4.78, 5) is 0. The van der Waals surface area contributed by atoms with Crippen LogP contribution in [0.4, 0.5) is 0 Å². The summed E-state index contributed by atoms with van der Waals surface area (Å²) in [6.45, 7) is 7.14. The second-order valence-electron chi connectivity index (χ2n) is 6.23. The van der Waals surface area contributed by atoms with Crippen molar-refractivity contribution >= 4 is 0 Å². The van der Waals surface area contributed by atoms with Crippen LogP contribution in [0.1, 0.15) is 38.7 Å². The molecule has 0 radical (unpaired) electrons. The van der Waals surface area contributed by atoms with Crippen molar-refractivity contribution in [2.45, 2.75) is 45.7 Å². The number of rotatable bonds is 3. The fourth-order valence-electron chi connectivity index (χ4n) is 3.22. The molecule has 1 aliphatic heterocycles. The van der Waals surface area contributed by atoms with Crippen molar-refractivity contribution in [1.82, 2.24) is 5.32 Å². The van der Waals surface area contributed by atoms with E-state index in [4.69, 9.17) is 9.47 Å². The first-order valence-corrected chi connectivity index (χ1v) is 7.86. The highest BCUT2D eigenvalue weighted by atomic mass is 16.5. The van der Waals surface area contributed by atoms with Crippen LogP contribution in [0.25, 0.3) is 0 Å². The molecule has 110 valence electrons. The van der Waals surface area contributed by atoms with E-state index in [1.807, 2.05) is 6.07 Å².